The van der Waals surface area contributed by atoms with Gasteiger partial charge < -0.3 is 20.1 Å². The van der Waals surface area contributed by atoms with E-state index in [-0.39, 0.29) is 11.8 Å². The summed E-state index contributed by atoms with van der Waals surface area (Å²) in [5.41, 5.74) is 3.09. The lowest BCUT2D eigenvalue weighted by atomic mass is 10.1. The van der Waals surface area contributed by atoms with Gasteiger partial charge in [0.25, 0.3) is 11.8 Å². The van der Waals surface area contributed by atoms with Crippen molar-refractivity contribution in [3.05, 3.63) is 83.4 Å². The largest absolute Gasteiger partial charge is 0.494 e. The highest BCUT2D eigenvalue weighted by Crippen LogP contribution is 2.37. The van der Waals surface area contributed by atoms with E-state index >= 15 is 0 Å². The second-order valence-corrected chi connectivity index (χ2v) is 7.52. The molecule has 0 bridgehead atoms. The lowest BCUT2D eigenvalue weighted by Gasteiger charge is -2.16. The van der Waals surface area contributed by atoms with Crippen LogP contribution in [0.2, 0.25) is 0 Å². The summed E-state index contributed by atoms with van der Waals surface area (Å²) >= 11 is 1.72. The molecule has 0 aromatic heterocycles. The fourth-order valence-corrected chi connectivity index (χ4v) is 3.52. The highest BCUT2D eigenvalue weighted by atomic mass is 32.2. The third-order valence-corrected chi connectivity index (χ3v) is 5.20. The monoisotopic (exact) mass is 436 g/mol. The normalized spacial score (nSPS) is 10.3. The maximum atomic E-state index is 12.7. The van der Waals surface area contributed by atoms with Gasteiger partial charge in [-0.2, -0.15) is 11.8 Å². The van der Waals surface area contributed by atoms with Crippen LogP contribution in [0.3, 0.4) is 0 Å². The van der Waals surface area contributed by atoms with Crippen LogP contribution < -0.4 is 20.1 Å². The minimum atomic E-state index is -0.275. The molecule has 0 unspecified atom stereocenters. The molecule has 2 N–H and O–H groups in total. The summed E-state index contributed by atoms with van der Waals surface area (Å²) in [6.45, 7) is 0. The van der Waals surface area contributed by atoms with Crippen LogP contribution in [0.15, 0.2) is 66.7 Å². The molecule has 2 amide bonds. The van der Waals surface area contributed by atoms with E-state index in [4.69, 9.17) is 9.47 Å². The molecule has 31 heavy (non-hydrogen) atoms. The molecule has 0 aliphatic heterocycles. The van der Waals surface area contributed by atoms with E-state index < -0.39 is 0 Å². The maximum absolute atomic E-state index is 12.7. The zero-order chi connectivity index (χ0) is 22.2. The van der Waals surface area contributed by atoms with Crippen molar-refractivity contribution in [1.82, 2.24) is 0 Å². The van der Waals surface area contributed by atoms with Crippen molar-refractivity contribution in [2.75, 3.05) is 31.1 Å². The molecule has 0 fully saturated rings. The number of carbonyl (C=O) groups is 2. The van der Waals surface area contributed by atoms with Crippen molar-refractivity contribution in [3.8, 4) is 11.5 Å². The molecule has 0 radical (unpaired) electrons. The molecule has 0 saturated carbocycles. The zero-order valence-electron chi connectivity index (χ0n) is 17.6. The number of ether oxygens (including phenoxy) is 2. The molecule has 6 nitrogen and oxygen atoms in total. The van der Waals surface area contributed by atoms with Crippen molar-refractivity contribution >= 4 is 35.0 Å². The van der Waals surface area contributed by atoms with E-state index in [1.807, 2.05) is 24.5 Å². The second kappa shape index (κ2) is 10.5. The van der Waals surface area contributed by atoms with Crippen LogP contribution >= 0.6 is 11.8 Å². The number of nitrogens with one attached hydrogen (secondary N) is 2. The molecule has 3 rings (SSSR count). The predicted molar refractivity (Wildman–Crippen MR) is 126 cm³/mol. The molecule has 0 heterocycles. The molecular formula is C24H24N2O4S. The molecular weight excluding hydrogens is 412 g/mol. The van der Waals surface area contributed by atoms with E-state index in [0.29, 0.717) is 34.0 Å². The number of benzene rings is 3. The quantitative estimate of drug-likeness (QED) is 0.515. The van der Waals surface area contributed by atoms with Gasteiger partial charge in [0, 0.05) is 29.0 Å². The van der Waals surface area contributed by atoms with Crippen molar-refractivity contribution in [2.45, 2.75) is 5.75 Å². The first-order chi connectivity index (χ1) is 15.0. The van der Waals surface area contributed by atoms with Crippen molar-refractivity contribution in [3.63, 3.8) is 0 Å². The Morgan fingerprint density at radius 1 is 0.774 bits per heavy atom. The van der Waals surface area contributed by atoms with Gasteiger partial charge in [0.1, 0.15) is 11.5 Å². The van der Waals surface area contributed by atoms with Crippen LogP contribution in [0.1, 0.15) is 26.3 Å². The summed E-state index contributed by atoms with van der Waals surface area (Å²) in [6.07, 6.45) is 2.03. The van der Waals surface area contributed by atoms with Crippen LogP contribution in [0.4, 0.5) is 11.4 Å². The zero-order valence-corrected chi connectivity index (χ0v) is 18.4. The topological polar surface area (TPSA) is 76.7 Å². The van der Waals surface area contributed by atoms with E-state index in [0.717, 1.165) is 11.3 Å². The number of rotatable bonds is 8. The van der Waals surface area contributed by atoms with Crippen molar-refractivity contribution in [2.24, 2.45) is 0 Å². The fourth-order valence-electron chi connectivity index (χ4n) is 2.99. The SMILES string of the molecule is COc1cc(NC(=O)c2ccc(CSC)cc2)c(OC)cc1NC(=O)c1ccccc1. The number of hydrogen-bond donors (Lipinski definition) is 2. The van der Waals surface area contributed by atoms with Gasteiger partial charge in [-0.3, -0.25) is 9.59 Å². The Hall–Kier alpha value is -3.45. The Morgan fingerprint density at radius 2 is 1.26 bits per heavy atom. The molecule has 160 valence electrons. The van der Waals surface area contributed by atoms with Crippen LogP contribution in [-0.4, -0.2) is 32.3 Å². The number of methoxy groups -OCH3 is 2. The maximum Gasteiger partial charge on any atom is 0.255 e. The van der Waals surface area contributed by atoms with E-state index in [9.17, 15) is 9.59 Å². The first-order valence-electron chi connectivity index (χ1n) is 9.57. The van der Waals surface area contributed by atoms with Crippen LogP contribution in [0.25, 0.3) is 0 Å². The van der Waals surface area contributed by atoms with Gasteiger partial charge in [-0.1, -0.05) is 30.3 Å². The van der Waals surface area contributed by atoms with Crippen LogP contribution in [0.5, 0.6) is 11.5 Å². The summed E-state index contributed by atoms with van der Waals surface area (Å²) in [5, 5.41) is 5.68. The number of thioether (sulfide) groups is 1. The average molecular weight is 437 g/mol. The summed E-state index contributed by atoms with van der Waals surface area (Å²) < 4.78 is 10.9. The van der Waals surface area contributed by atoms with Gasteiger partial charge in [0.15, 0.2) is 0 Å². The molecule has 3 aromatic rings. The first-order valence-corrected chi connectivity index (χ1v) is 11.0. The Morgan fingerprint density at radius 3 is 1.71 bits per heavy atom. The number of amides is 2. The van der Waals surface area contributed by atoms with Gasteiger partial charge in [-0.15, -0.1) is 0 Å². The highest BCUT2D eigenvalue weighted by molar-refractivity contribution is 7.97. The lowest BCUT2D eigenvalue weighted by Crippen LogP contribution is -2.15. The van der Waals surface area contributed by atoms with E-state index in [2.05, 4.69) is 10.6 Å². The van der Waals surface area contributed by atoms with Gasteiger partial charge in [-0.05, 0) is 36.1 Å². The molecule has 0 aliphatic carbocycles. The Labute approximate surface area is 186 Å². The van der Waals surface area contributed by atoms with Crippen molar-refractivity contribution < 1.29 is 19.1 Å². The predicted octanol–water partition coefficient (Wildman–Crippen LogP) is 5.07. The fraction of sp³-hybridized carbons (Fsp3) is 0.167. The Kier molecular flexibility index (Phi) is 7.56. The molecule has 7 heteroatoms. The first kappa shape index (κ1) is 22.2. The summed E-state index contributed by atoms with van der Waals surface area (Å²) in [6, 6.07) is 19.6. The van der Waals surface area contributed by atoms with E-state index in [1.54, 1.807) is 60.3 Å². The Balaban J connectivity index is 1.82. The molecule has 0 atom stereocenters. The molecule has 0 aliphatic rings. The summed E-state index contributed by atoms with van der Waals surface area (Å²) in [7, 11) is 2.99. The standard InChI is InChI=1S/C24H24N2O4S/c1-29-21-14-20(26-24(28)18-11-9-16(10-12-18)15-31-3)22(30-2)13-19(21)25-23(27)17-7-5-4-6-8-17/h4-14H,15H2,1-3H3,(H,25,27)(H,26,28). The molecule has 0 spiro atoms. The molecule has 0 saturated heterocycles. The van der Waals surface area contributed by atoms with Gasteiger partial charge >= 0.3 is 0 Å². The van der Waals surface area contributed by atoms with E-state index in [1.165, 1.54) is 14.2 Å². The summed E-state index contributed by atoms with van der Waals surface area (Å²) in [5.74, 6) is 1.15. The average Bonchev–Trinajstić information content (AvgIpc) is 2.80. The lowest BCUT2D eigenvalue weighted by molar-refractivity contribution is 0.101. The van der Waals surface area contributed by atoms with Crippen LogP contribution in [0, 0.1) is 0 Å². The highest BCUT2D eigenvalue weighted by Gasteiger charge is 2.17. The minimum Gasteiger partial charge on any atom is -0.494 e. The number of carbonyl (C=O) groups excluding carboxylic acids is 2. The van der Waals surface area contributed by atoms with Crippen molar-refractivity contribution in [1.29, 1.82) is 0 Å². The number of hydrogen-bond acceptors (Lipinski definition) is 5. The second-order valence-electron chi connectivity index (χ2n) is 6.66. The van der Waals surface area contributed by atoms with Gasteiger partial charge in [0.05, 0.1) is 25.6 Å². The van der Waals surface area contributed by atoms with Crippen LogP contribution in [-0.2, 0) is 5.75 Å². The molecule has 3 aromatic carbocycles. The van der Waals surface area contributed by atoms with Gasteiger partial charge in [0.2, 0.25) is 0 Å². The number of anilines is 2. The van der Waals surface area contributed by atoms with Gasteiger partial charge in [-0.25, -0.2) is 0 Å². The third kappa shape index (κ3) is 5.58. The smallest absolute Gasteiger partial charge is 0.255 e. The third-order valence-electron chi connectivity index (χ3n) is 4.58. The summed E-state index contributed by atoms with van der Waals surface area (Å²) in [4.78, 5) is 25.2. The Bertz CT molecular complexity index is 1050. The minimum absolute atomic E-state index is 0.267.